The van der Waals surface area contributed by atoms with Crippen molar-refractivity contribution in [3.05, 3.63) is 85.0 Å². The number of benzene rings is 3. The van der Waals surface area contributed by atoms with Crippen LogP contribution in [0.1, 0.15) is 22.8 Å². The summed E-state index contributed by atoms with van der Waals surface area (Å²) in [5.74, 6) is 1.03. The van der Waals surface area contributed by atoms with Gasteiger partial charge in [-0.25, -0.2) is 0 Å². The van der Waals surface area contributed by atoms with Crippen LogP contribution < -0.4 is 14.8 Å². The minimum absolute atomic E-state index is 0.188. The number of carbonyl (C=O) groups excluding carboxylic acids is 1. The molecular formula is C22H19I2NO3. The fourth-order valence-corrected chi connectivity index (χ4v) is 3.68. The molecule has 3 aromatic carbocycles. The molecule has 0 spiro atoms. The second kappa shape index (κ2) is 10.1. The molecule has 6 heteroatoms. The Balaban J connectivity index is 1.83. The molecule has 0 unspecified atom stereocenters. The fourth-order valence-electron chi connectivity index (χ4n) is 2.56. The van der Waals surface area contributed by atoms with Gasteiger partial charge in [0.25, 0.3) is 5.91 Å². The molecule has 0 atom stereocenters. The maximum Gasteiger partial charge on any atom is 0.255 e. The molecule has 0 radical (unpaired) electrons. The Morgan fingerprint density at radius 3 is 2.36 bits per heavy atom. The molecule has 0 fully saturated rings. The van der Waals surface area contributed by atoms with Crippen molar-refractivity contribution in [2.75, 3.05) is 11.9 Å². The van der Waals surface area contributed by atoms with Crippen LogP contribution in [0, 0.1) is 7.14 Å². The molecule has 1 N–H and O–H groups in total. The Hall–Kier alpha value is -1.81. The van der Waals surface area contributed by atoms with Crippen LogP contribution in [0.3, 0.4) is 0 Å². The summed E-state index contributed by atoms with van der Waals surface area (Å²) < 4.78 is 13.7. The summed E-state index contributed by atoms with van der Waals surface area (Å²) in [6.45, 7) is 2.85. The van der Waals surface area contributed by atoms with E-state index in [9.17, 15) is 4.79 Å². The predicted octanol–water partition coefficient (Wildman–Crippen LogP) is 6.13. The molecule has 3 aromatic rings. The first-order valence-electron chi connectivity index (χ1n) is 8.77. The lowest BCUT2D eigenvalue weighted by Crippen LogP contribution is -2.13. The largest absolute Gasteiger partial charge is 0.489 e. The highest BCUT2D eigenvalue weighted by Crippen LogP contribution is 2.35. The van der Waals surface area contributed by atoms with Crippen LogP contribution in [0.2, 0.25) is 0 Å². The fraction of sp³-hybridized carbons (Fsp3) is 0.136. The van der Waals surface area contributed by atoms with Gasteiger partial charge in [0, 0.05) is 14.8 Å². The summed E-state index contributed by atoms with van der Waals surface area (Å²) in [5, 5.41) is 2.92. The Morgan fingerprint density at radius 2 is 1.68 bits per heavy atom. The van der Waals surface area contributed by atoms with Crippen molar-refractivity contribution >= 4 is 56.8 Å². The van der Waals surface area contributed by atoms with Gasteiger partial charge in [0.2, 0.25) is 0 Å². The Kier molecular flexibility index (Phi) is 7.55. The first-order chi connectivity index (χ1) is 13.6. The molecule has 0 saturated carbocycles. The zero-order valence-corrected chi connectivity index (χ0v) is 19.6. The van der Waals surface area contributed by atoms with E-state index in [1.807, 2.05) is 67.6 Å². The first-order valence-corrected chi connectivity index (χ1v) is 10.9. The van der Waals surface area contributed by atoms with Crippen LogP contribution in [0.4, 0.5) is 5.69 Å². The average Bonchev–Trinajstić information content (AvgIpc) is 2.70. The lowest BCUT2D eigenvalue weighted by Gasteiger charge is -2.15. The quantitative estimate of drug-likeness (QED) is 0.333. The van der Waals surface area contributed by atoms with Crippen molar-refractivity contribution < 1.29 is 14.3 Å². The molecule has 0 aliphatic carbocycles. The van der Waals surface area contributed by atoms with Crippen LogP contribution in [0.5, 0.6) is 11.5 Å². The summed E-state index contributed by atoms with van der Waals surface area (Å²) >= 11 is 4.40. The maximum atomic E-state index is 12.7. The van der Waals surface area contributed by atoms with E-state index in [2.05, 4.69) is 50.5 Å². The molecule has 0 bridgehead atoms. The van der Waals surface area contributed by atoms with E-state index in [-0.39, 0.29) is 5.91 Å². The van der Waals surface area contributed by atoms with Gasteiger partial charge >= 0.3 is 0 Å². The van der Waals surface area contributed by atoms with E-state index in [1.165, 1.54) is 0 Å². The monoisotopic (exact) mass is 599 g/mol. The van der Waals surface area contributed by atoms with Gasteiger partial charge < -0.3 is 14.8 Å². The molecular weight excluding hydrogens is 580 g/mol. The Morgan fingerprint density at radius 1 is 0.964 bits per heavy atom. The molecule has 1 amide bonds. The second-order valence-electron chi connectivity index (χ2n) is 5.95. The number of nitrogens with one attached hydrogen (secondary N) is 1. The van der Waals surface area contributed by atoms with Crippen LogP contribution in [-0.2, 0) is 6.61 Å². The van der Waals surface area contributed by atoms with E-state index in [4.69, 9.17) is 9.47 Å². The van der Waals surface area contributed by atoms with E-state index in [0.29, 0.717) is 30.3 Å². The third kappa shape index (κ3) is 5.60. The number of halogens is 2. The predicted molar refractivity (Wildman–Crippen MR) is 128 cm³/mol. The third-order valence-corrected chi connectivity index (χ3v) is 5.42. The smallest absolute Gasteiger partial charge is 0.255 e. The second-order valence-corrected chi connectivity index (χ2v) is 8.36. The van der Waals surface area contributed by atoms with Crippen LogP contribution in [0.15, 0.2) is 66.7 Å². The summed E-state index contributed by atoms with van der Waals surface area (Å²) in [4.78, 5) is 12.7. The van der Waals surface area contributed by atoms with Crippen molar-refractivity contribution in [3.63, 3.8) is 0 Å². The van der Waals surface area contributed by atoms with Gasteiger partial charge in [-0.2, -0.15) is 0 Å². The highest BCUT2D eigenvalue weighted by molar-refractivity contribution is 14.1. The third-order valence-electron chi connectivity index (χ3n) is 3.90. The van der Waals surface area contributed by atoms with Gasteiger partial charge in [0.15, 0.2) is 11.5 Å². The van der Waals surface area contributed by atoms with E-state index in [0.717, 1.165) is 18.4 Å². The molecule has 0 aliphatic rings. The topological polar surface area (TPSA) is 47.6 Å². The number of ether oxygens (including phenoxy) is 2. The summed E-state index contributed by atoms with van der Waals surface area (Å²) in [6, 6.07) is 21.1. The number of hydrogen-bond acceptors (Lipinski definition) is 3. The van der Waals surface area contributed by atoms with Gasteiger partial charge in [0.1, 0.15) is 6.61 Å². The molecule has 0 heterocycles. The molecule has 144 valence electrons. The van der Waals surface area contributed by atoms with Crippen molar-refractivity contribution in [1.29, 1.82) is 0 Å². The minimum Gasteiger partial charge on any atom is -0.489 e. The minimum atomic E-state index is -0.188. The van der Waals surface area contributed by atoms with Crippen LogP contribution >= 0.6 is 45.2 Å². The zero-order chi connectivity index (χ0) is 19.9. The molecule has 3 rings (SSSR count). The van der Waals surface area contributed by atoms with Gasteiger partial charge in [-0.1, -0.05) is 30.3 Å². The van der Waals surface area contributed by atoms with Gasteiger partial charge in [-0.15, -0.1) is 0 Å². The van der Waals surface area contributed by atoms with E-state index < -0.39 is 0 Å². The highest BCUT2D eigenvalue weighted by Gasteiger charge is 2.16. The number of anilines is 1. The van der Waals surface area contributed by atoms with Gasteiger partial charge in [-0.3, -0.25) is 4.79 Å². The molecule has 4 nitrogen and oxygen atoms in total. The average molecular weight is 599 g/mol. The number of carbonyl (C=O) groups is 1. The van der Waals surface area contributed by atoms with Crippen molar-refractivity contribution in [1.82, 2.24) is 0 Å². The van der Waals surface area contributed by atoms with Crippen LogP contribution in [0.25, 0.3) is 0 Å². The molecule has 0 saturated heterocycles. The standard InChI is InChI=1S/C22H19I2NO3/c1-2-27-21-19(24)12-16(22(26)25-18-10-8-17(23)9-11-18)13-20(21)28-14-15-6-4-3-5-7-15/h3-13H,2,14H2,1H3,(H,25,26). The number of amides is 1. The SMILES string of the molecule is CCOc1c(I)cc(C(=O)Nc2ccc(I)cc2)cc1OCc1ccccc1. The van der Waals surface area contributed by atoms with Gasteiger partial charge in [-0.05, 0) is 94.1 Å². The van der Waals surface area contributed by atoms with E-state index >= 15 is 0 Å². The molecule has 28 heavy (non-hydrogen) atoms. The highest BCUT2D eigenvalue weighted by atomic mass is 127. The summed E-state index contributed by atoms with van der Waals surface area (Å²) in [5.41, 5.74) is 2.32. The summed E-state index contributed by atoms with van der Waals surface area (Å²) in [7, 11) is 0. The molecule has 0 aliphatic heterocycles. The van der Waals surface area contributed by atoms with Crippen LogP contribution in [-0.4, -0.2) is 12.5 Å². The zero-order valence-electron chi connectivity index (χ0n) is 15.2. The Labute approximate surface area is 191 Å². The van der Waals surface area contributed by atoms with E-state index in [1.54, 1.807) is 6.07 Å². The molecule has 0 aromatic heterocycles. The first kappa shape index (κ1) is 20.9. The number of hydrogen-bond donors (Lipinski definition) is 1. The lowest BCUT2D eigenvalue weighted by atomic mass is 10.1. The Bertz CT molecular complexity index is 944. The lowest BCUT2D eigenvalue weighted by molar-refractivity contribution is 0.102. The van der Waals surface area contributed by atoms with Crippen molar-refractivity contribution in [3.8, 4) is 11.5 Å². The van der Waals surface area contributed by atoms with Crippen molar-refractivity contribution in [2.24, 2.45) is 0 Å². The summed E-state index contributed by atoms with van der Waals surface area (Å²) in [6.07, 6.45) is 0. The maximum absolute atomic E-state index is 12.7. The van der Waals surface area contributed by atoms with Crippen molar-refractivity contribution in [2.45, 2.75) is 13.5 Å². The normalized spacial score (nSPS) is 10.4. The number of rotatable bonds is 7. The van der Waals surface area contributed by atoms with Gasteiger partial charge in [0.05, 0.1) is 10.2 Å².